The molecular weight excluding hydrogens is 239 g/mol. The lowest BCUT2D eigenvalue weighted by Gasteiger charge is -2.11. The maximum Gasteiger partial charge on any atom is 0.338 e. The average molecular weight is 254 g/mol. The Labute approximate surface area is 104 Å². The molecule has 0 bridgehead atoms. The molecule has 2 atom stereocenters. The van der Waals surface area contributed by atoms with Gasteiger partial charge in [0.1, 0.15) is 0 Å². The average Bonchev–Trinajstić information content (AvgIpc) is 3.08. The summed E-state index contributed by atoms with van der Waals surface area (Å²) in [6.45, 7) is 0.174. The Balaban J connectivity index is 1.99. The van der Waals surface area contributed by atoms with Crippen molar-refractivity contribution in [3.63, 3.8) is 0 Å². The summed E-state index contributed by atoms with van der Waals surface area (Å²) in [5.41, 5.74) is 5.76. The van der Waals surface area contributed by atoms with E-state index >= 15 is 0 Å². The number of nitrogens with zero attached hydrogens (tertiary/aromatic N) is 1. The van der Waals surface area contributed by atoms with Gasteiger partial charge in [0.05, 0.1) is 13.7 Å². The van der Waals surface area contributed by atoms with Crippen LogP contribution in [0.5, 0.6) is 5.75 Å². The second-order valence-electron chi connectivity index (χ2n) is 4.42. The minimum Gasteiger partial charge on any atom is -0.494 e. The van der Waals surface area contributed by atoms with Crippen LogP contribution in [0.3, 0.4) is 0 Å². The molecule has 2 amide bonds. The van der Waals surface area contributed by atoms with E-state index in [1.54, 1.807) is 12.1 Å². The van der Waals surface area contributed by atoms with Gasteiger partial charge in [0.2, 0.25) is 0 Å². The molecule has 1 fully saturated rings. The Hall–Kier alpha value is -1.82. The molecule has 0 aliphatic heterocycles. The lowest BCUT2D eigenvalue weighted by molar-refractivity contribution is -0.0431. The van der Waals surface area contributed by atoms with Crippen molar-refractivity contribution in [2.75, 3.05) is 13.7 Å². The number of methoxy groups -OCH3 is 1. The first kappa shape index (κ1) is 12.6. The van der Waals surface area contributed by atoms with Crippen molar-refractivity contribution in [3.8, 4) is 5.75 Å². The molecule has 0 spiro atoms. The molecule has 0 aromatic heterocycles. The van der Waals surface area contributed by atoms with Crippen molar-refractivity contribution >= 4 is 6.03 Å². The summed E-state index contributed by atoms with van der Waals surface area (Å²) < 4.78 is 18.3. The maximum absolute atomic E-state index is 13.5. The third-order valence-electron chi connectivity index (χ3n) is 3.19. The summed E-state index contributed by atoms with van der Waals surface area (Å²) in [5.74, 6) is 0.0722. The van der Waals surface area contributed by atoms with Gasteiger partial charge in [-0.3, -0.25) is 5.21 Å². The zero-order valence-electron chi connectivity index (χ0n) is 9.97. The Morgan fingerprint density at radius 3 is 2.94 bits per heavy atom. The highest BCUT2D eigenvalue weighted by atomic mass is 19.1. The van der Waals surface area contributed by atoms with Crippen LogP contribution in [0, 0.1) is 11.7 Å². The molecule has 0 heterocycles. The van der Waals surface area contributed by atoms with Crippen LogP contribution in [-0.2, 0) is 0 Å². The van der Waals surface area contributed by atoms with Crippen molar-refractivity contribution < 1.29 is 19.1 Å². The fourth-order valence-corrected chi connectivity index (χ4v) is 2.08. The fourth-order valence-electron chi connectivity index (χ4n) is 2.08. The number of primary amides is 1. The highest BCUT2D eigenvalue weighted by Crippen LogP contribution is 2.48. The lowest BCUT2D eigenvalue weighted by Crippen LogP contribution is -2.34. The molecule has 1 aromatic rings. The van der Waals surface area contributed by atoms with Crippen molar-refractivity contribution in [3.05, 3.63) is 29.6 Å². The van der Waals surface area contributed by atoms with E-state index in [1.807, 2.05) is 0 Å². The van der Waals surface area contributed by atoms with E-state index in [9.17, 15) is 14.4 Å². The fraction of sp³-hybridized carbons (Fsp3) is 0.417. The number of halogens is 1. The SMILES string of the molecule is COc1ccc(C2CC2CN(O)C(N)=O)cc1F. The van der Waals surface area contributed by atoms with Crippen molar-refractivity contribution in [2.45, 2.75) is 12.3 Å². The Morgan fingerprint density at radius 1 is 1.67 bits per heavy atom. The van der Waals surface area contributed by atoms with E-state index in [0.29, 0.717) is 5.06 Å². The molecule has 1 aliphatic carbocycles. The van der Waals surface area contributed by atoms with E-state index in [0.717, 1.165) is 12.0 Å². The van der Waals surface area contributed by atoms with Crippen molar-refractivity contribution in [2.24, 2.45) is 11.7 Å². The van der Waals surface area contributed by atoms with Crippen LogP contribution in [-0.4, -0.2) is 30.0 Å². The van der Waals surface area contributed by atoms with Crippen LogP contribution in [0.2, 0.25) is 0 Å². The molecule has 2 rings (SSSR count). The van der Waals surface area contributed by atoms with Gasteiger partial charge in [-0.15, -0.1) is 0 Å². The topological polar surface area (TPSA) is 75.8 Å². The quantitative estimate of drug-likeness (QED) is 0.634. The maximum atomic E-state index is 13.5. The van der Waals surface area contributed by atoms with Gasteiger partial charge in [-0.05, 0) is 36.0 Å². The molecule has 1 aromatic carbocycles. The molecule has 5 nitrogen and oxygen atoms in total. The third kappa shape index (κ3) is 2.53. The standard InChI is InChI=1S/C12H15FN2O3/c1-18-11-3-2-7(5-10(11)13)9-4-8(9)6-15(17)12(14)16/h2-3,5,8-9,17H,4,6H2,1H3,(H2,14,16). The number of hydrogen-bond acceptors (Lipinski definition) is 3. The summed E-state index contributed by atoms with van der Waals surface area (Å²) in [7, 11) is 1.41. The molecule has 2 unspecified atom stereocenters. The summed E-state index contributed by atoms with van der Waals surface area (Å²) in [5, 5.41) is 9.69. The normalized spacial score (nSPS) is 21.5. The van der Waals surface area contributed by atoms with Gasteiger partial charge in [0, 0.05) is 0 Å². The molecule has 0 radical (unpaired) electrons. The minimum atomic E-state index is -0.874. The number of ether oxygens (including phenoxy) is 1. The molecule has 98 valence electrons. The lowest BCUT2D eigenvalue weighted by atomic mass is 10.1. The predicted molar refractivity (Wildman–Crippen MR) is 61.9 cm³/mol. The zero-order chi connectivity index (χ0) is 13.3. The van der Waals surface area contributed by atoms with Gasteiger partial charge >= 0.3 is 6.03 Å². The number of hydroxylamine groups is 2. The molecule has 1 saturated carbocycles. The van der Waals surface area contributed by atoms with E-state index in [4.69, 9.17) is 10.5 Å². The van der Waals surface area contributed by atoms with E-state index < -0.39 is 11.8 Å². The van der Waals surface area contributed by atoms with Gasteiger partial charge in [-0.1, -0.05) is 6.07 Å². The predicted octanol–water partition coefficient (Wildman–Crippen LogP) is 1.71. The smallest absolute Gasteiger partial charge is 0.338 e. The Kier molecular flexibility index (Phi) is 3.38. The van der Waals surface area contributed by atoms with E-state index in [1.165, 1.54) is 13.2 Å². The van der Waals surface area contributed by atoms with E-state index in [-0.39, 0.29) is 24.1 Å². The summed E-state index contributed by atoms with van der Waals surface area (Å²) in [6, 6.07) is 3.92. The third-order valence-corrected chi connectivity index (χ3v) is 3.19. The number of urea groups is 1. The molecular formula is C12H15FN2O3. The summed E-state index contributed by atoms with van der Waals surface area (Å²) in [4.78, 5) is 10.7. The number of carbonyl (C=O) groups excluding carboxylic acids is 1. The molecule has 1 aliphatic rings. The first-order valence-electron chi connectivity index (χ1n) is 5.62. The summed E-state index contributed by atoms with van der Waals surface area (Å²) in [6.07, 6.45) is 0.802. The van der Waals surface area contributed by atoms with Gasteiger partial charge in [0.15, 0.2) is 11.6 Å². The molecule has 0 saturated heterocycles. The number of carbonyl (C=O) groups is 1. The van der Waals surface area contributed by atoms with Crippen LogP contribution in [0.15, 0.2) is 18.2 Å². The summed E-state index contributed by atoms with van der Waals surface area (Å²) >= 11 is 0. The monoisotopic (exact) mass is 254 g/mol. The van der Waals surface area contributed by atoms with Crippen LogP contribution in [0.1, 0.15) is 17.9 Å². The first-order chi connectivity index (χ1) is 8.52. The van der Waals surface area contributed by atoms with Gasteiger partial charge in [0.25, 0.3) is 0 Å². The molecule has 18 heavy (non-hydrogen) atoms. The van der Waals surface area contributed by atoms with Gasteiger partial charge in [-0.25, -0.2) is 14.2 Å². The highest BCUT2D eigenvalue weighted by molar-refractivity contribution is 5.70. The number of amides is 2. The number of benzene rings is 1. The number of nitrogens with two attached hydrogens (primary N) is 1. The second-order valence-corrected chi connectivity index (χ2v) is 4.42. The van der Waals surface area contributed by atoms with Crippen LogP contribution in [0.4, 0.5) is 9.18 Å². The van der Waals surface area contributed by atoms with Gasteiger partial charge in [-0.2, -0.15) is 0 Å². The van der Waals surface area contributed by atoms with Crippen LogP contribution >= 0.6 is 0 Å². The molecule has 3 N–H and O–H groups in total. The number of hydrogen-bond donors (Lipinski definition) is 2. The largest absolute Gasteiger partial charge is 0.494 e. The van der Waals surface area contributed by atoms with Crippen LogP contribution < -0.4 is 10.5 Å². The Morgan fingerprint density at radius 2 is 2.39 bits per heavy atom. The molecule has 6 heteroatoms. The van der Waals surface area contributed by atoms with E-state index in [2.05, 4.69) is 0 Å². The highest BCUT2D eigenvalue weighted by Gasteiger charge is 2.40. The Bertz CT molecular complexity index is 467. The van der Waals surface area contributed by atoms with Crippen molar-refractivity contribution in [1.82, 2.24) is 5.06 Å². The zero-order valence-corrected chi connectivity index (χ0v) is 9.97. The van der Waals surface area contributed by atoms with Crippen LogP contribution in [0.25, 0.3) is 0 Å². The van der Waals surface area contributed by atoms with Crippen molar-refractivity contribution in [1.29, 1.82) is 0 Å². The number of rotatable bonds is 4. The first-order valence-corrected chi connectivity index (χ1v) is 5.62. The van der Waals surface area contributed by atoms with Gasteiger partial charge < -0.3 is 10.5 Å². The minimum absolute atomic E-state index is 0.121. The second kappa shape index (κ2) is 4.81.